The highest BCUT2D eigenvalue weighted by Crippen LogP contribution is 1.69. The summed E-state index contributed by atoms with van der Waals surface area (Å²) in [5.41, 5.74) is 0. The maximum Gasteiger partial charge on any atom is 0.432 e. The first-order chi connectivity index (χ1) is 3.83. The molecule has 3 N–H and O–H groups in total. The fraction of sp³-hybridized carbons (Fsp3) is 0.500. The van der Waals surface area contributed by atoms with Crippen LogP contribution in [0.15, 0.2) is 12.7 Å². The molecule has 0 saturated carbocycles. The molecule has 0 aromatic carbocycles. The fourth-order valence-electron chi connectivity index (χ4n) is 0.0913. The summed E-state index contributed by atoms with van der Waals surface area (Å²) in [5, 5.41) is 22.2. The third kappa shape index (κ3) is 44.0. The van der Waals surface area contributed by atoms with Crippen molar-refractivity contribution < 1.29 is 15.2 Å². The summed E-state index contributed by atoms with van der Waals surface area (Å²) in [4.78, 5) is 0. The van der Waals surface area contributed by atoms with Gasteiger partial charge in [0.15, 0.2) is 0 Å². The Kier molecular flexibility index (Phi) is 21.1. The van der Waals surface area contributed by atoms with Crippen LogP contribution >= 0.6 is 0 Å². The highest BCUT2D eigenvalue weighted by molar-refractivity contribution is 6.13. The average molecular weight is 118 g/mol. The van der Waals surface area contributed by atoms with Gasteiger partial charge in [0.2, 0.25) is 0 Å². The van der Waals surface area contributed by atoms with Gasteiger partial charge in [-0.05, 0) is 6.42 Å². The van der Waals surface area contributed by atoms with Crippen LogP contribution in [0.2, 0.25) is 0 Å². The maximum absolute atomic E-state index is 8.00. The van der Waals surface area contributed by atoms with E-state index in [-0.39, 0.29) is 6.61 Å². The van der Waals surface area contributed by atoms with Crippen molar-refractivity contribution in [2.24, 2.45) is 0 Å². The van der Waals surface area contributed by atoms with Crippen LogP contribution in [0.4, 0.5) is 0 Å². The molecule has 0 fully saturated rings. The van der Waals surface area contributed by atoms with Crippen LogP contribution in [0.25, 0.3) is 0 Å². The summed E-state index contributed by atoms with van der Waals surface area (Å²) in [6, 6.07) is 0. The predicted octanol–water partition coefficient (Wildman–Crippen LogP) is -1.21. The molecule has 0 saturated heterocycles. The zero-order valence-corrected chi connectivity index (χ0v) is 4.75. The second kappa shape index (κ2) is 15.9. The first-order valence-corrected chi connectivity index (χ1v) is 2.27. The lowest BCUT2D eigenvalue weighted by Crippen LogP contribution is -1.75. The first kappa shape index (κ1) is 10.6. The Balaban J connectivity index is 0. The Labute approximate surface area is 49.6 Å². The minimum Gasteiger partial charge on any atom is -0.430 e. The summed E-state index contributed by atoms with van der Waals surface area (Å²) < 4.78 is 0. The van der Waals surface area contributed by atoms with E-state index in [1.807, 2.05) is 0 Å². The summed E-state index contributed by atoms with van der Waals surface area (Å²) in [6.45, 7) is 3.62. The van der Waals surface area contributed by atoms with Gasteiger partial charge in [0.1, 0.15) is 0 Å². The van der Waals surface area contributed by atoms with Crippen molar-refractivity contribution in [1.82, 2.24) is 0 Å². The third-order valence-corrected chi connectivity index (χ3v) is 0.333. The molecule has 0 atom stereocenters. The smallest absolute Gasteiger partial charge is 0.430 e. The highest BCUT2D eigenvalue weighted by Gasteiger charge is 1.62. The Morgan fingerprint density at radius 1 is 1.50 bits per heavy atom. The van der Waals surface area contributed by atoms with Crippen molar-refractivity contribution in [3.05, 3.63) is 12.7 Å². The number of hydrogen-bond acceptors (Lipinski definition) is 3. The summed E-state index contributed by atoms with van der Waals surface area (Å²) in [7, 11) is -0.750. The second-order valence-corrected chi connectivity index (χ2v) is 0.942. The molecule has 0 aromatic heterocycles. The molecule has 0 bridgehead atoms. The van der Waals surface area contributed by atoms with Crippen LogP contribution in [0.5, 0.6) is 0 Å². The van der Waals surface area contributed by atoms with Gasteiger partial charge in [-0.25, -0.2) is 0 Å². The van der Waals surface area contributed by atoms with Crippen LogP contribution in [0.1, 0.15) is 6.42 Å². The molecule has 0 radical (unpaired) electrons. The third-order valence-electron chi connectivity index (χ3n) is 0.333. The summed E-state index contributed by atoms with van der Waals surface area (Å²) in [5.74, 6) is 0. The monoisotopic (exact) mass is 118 g/mol. The zero-order valence-electron chi connectivity index (χ0n) is 4.75. The van der Waals surface area contributed by atoms with E-state index in [0.717, 1.165) is 0 Å². The Morgan fingerprint density at radius 3 is 1.88 bits per heavy atom. The Hall–Kier alpha value is -0.315. The van der Waals surface area contributed by atoms with Gasteiger partial charge in [-0.1, -0.05) is 6.08 Å². The molecule has 0 heterocycles. The van der Waals surface area contributed by atoms with E-state index in [4.69, 9.17) is 15.2 Å². The SMILES string of the molecule is C=CCCO.OBO. The standard InChI is InChI=1S/C4H8O.BH3O2/c1-2-3-4-5;2-1-3/h2,5H,1,3-4H2;1-3H. The van der Waals surface area contributed by atoms with Crippen LogP contribution in [0.3, 0.4) is 0 Å². The molecule has 0 aliphatic heterocycles. The summed E-state index contributed by atoms with van der Waals surface area (Å²) in [6.07, 6.45) is 2.39. The van der Waals surface area contributed by atoms with Crippen molar-refractivity contribution in [3.8, 4) is 0 Å². The van der Waals surface area contributed by atoms with E-state index < -0.39 is 7.69 Å². The Morgan fingerprint density at radius 2 is 1.88 bits per heavy atom. The van der Waals surface area contributed by atoms with E-state index in [1.54, 1.807) is 6.08 Å². The maximum atomic E-state index is 8.00. The molecule has 0 rings (SSSR count). The van der Waals surface area contributed by atoms with Crippen molar-refractivity contribution >= 4 is 7.69 Å². The number of hydrogen-bond donors (Lipinski definition) is 3. The lowest BCUT2D eigenvalue weighted by molar-refractivity contribution is 0.303. The molecule has 3 nitrogen and oxygen atoms in total. The molecular formula is C4H11BO3. The lowest BCUT2D eigenvalue weighted by atomic mass is 10.5. The average Bonchev–Trinajstić information content (AvgIpc) is 1.71. The molecular weight excluding hydrogens is 107 g/mol. The number of aliphatic hydroxyl groups is 1. The molecule has 0 amide bonds. The molecule has 48 valence electrons. The van der Waals surface area contributed by atoms with Crippen molar-refractivity contribution in [2.45, 2.75) is 6.42 Å². The predicted molar refractivity (Wildman–Crippen MR) is 33.5 cm³/mol. The minimum absolute atomic E-state index is 0.226. The van der Waals surface area contributed by atoms with Gasteiger partial charge in [0.05, 0.1) is 0 Å². The van der Waals surface area contributed by atoms with Gasteiger partial charge < -0.3 is 15.2 Å². The molecule has 8 heavy (non-hydrogen) atoms. The van der Waals surface area contributed by atoms with Crippen LogP contribution in [0, 0.1) is 0 Å². The van der Waals surface area contributed by atoms with Crippen molar-refractivity contribution in [3.63, 3.8) is 0 Å². The number of rotatable bonds is 2. The highest BCUT2D eigenvalue weighted by atomic mass is 16.4. The van der Waals surface area contributed by atoms with Gasteiger partial charge >= 0.3 is 7.69 Å². The molecule has 4 heteroatoms. The van der Waals surface area contributed by atoms with E-state index >= 15 is 0 Å². The second-order valence-electron chi connectivity index (χ2n) is 0.942. The van der Waals surface area contributed by atoms with Gasteiger partial charge in [-0.3, -0.25) is 0 Å². The quantitative estimate of drug-likeness (QED) is 0.315. The Bertz CT molecular complexity index is 40.3. The lowest BCUT2D eigenvalue weighted by Gasteiger charge is -1.73. The molecule has 0 aliphatic carbocycles. The number of aliphatic hydroxyl groups excluding tert-OH is 1. The van der Waals surface area contributed by atoms with E-state index in [1.165, 1.54) is 0 Å². The van der Waals surface area contributed by atoms with E-state index in [9.17, 15) is 0 Å². The van der Waals surface area contributed by atoms with Crippen molar-refractivity contribution in [2.75, 3.05) is 6.61 Å². The van der Waals surface area contributed by atoms with E-state index in [0.29, 0.717) is 6.42 Å². The minimum atomic E-state index is -0.750. The fourth-order valence-corrected chi connectivity index (χ4v) is 0.0913. The van der Waals surface area contributed by atoms with Gasteiger partial charge in [-0.2, -0.15) is 0 Å². The summed E-state index contributed by atoms with van der Waals surface area (Å²) >= 11 is 0. The van der Waals surface area contributed by atoms with Gasteiger partial charge in [-0.15, -0.1) is 6.58 Å². The van der Waals surface area contributed by atoms with Gasteiger partial charge in [0.25, 0.3) is 0 Å². The first-order valence-electron chi connectivity index (χ1n) is 2.27. The molecule has 0 aromatic rings. The normalized spacial score (nSPS) is 6.38. The van der Waals surface area contributed by atoms with Gasteiger partial charge in [0, 0.05) is 6.61 Å². The molecule has 0 spiro atoms. The largest absolute Gasteiger partial charge is 0.432 e. The van der Waals surface area contributed by atoms with Crippen molar-refractivity contribution in [1.29, 1.82) is 0 Å². The van der Waals surface area contributed by atoms with Crippen LogP contribution in [-0.4, -0.2) is 29.4 Å². The zero-order chi connectivity index (χ0) is 6.83. The molecule has 0 unspecified atom stereocenters. The van der Waals surface area contributed by atoms with E-state index in [2.05, 4.69) is 6.58 Å². The topological polar surface area (TPSA) is 60.7 Å². The van der Waals surface area contributed by atoms with Crippen LogP contribution < -0.4 is 0 Å². The van der Waals surface area contributed by atoms with Crippen LogP contribution in [-0.2, 0) is 0 Å². The molecule has 0 aliphatic rings.